The Balaban J connectivity index is 1.88. The summed E-state index contributed by atoms with van der Waals surface area (Å²) >= 11 is 0. The molecule has 0 radical (unpaired) electrons. The number of hydrogen-bond donors (Lipinski definition) is 3. The van der Waals surface area contributed by atoms with Crippen LogP contribution in [0, 0.1) is 5.92 Å². The van der Waals surface area contributed by atoms with E-state index in [1.165, 1.54) is 0 Å². The number of aliphatic hydroxyl groups is 1. The minimum atomic E-state index is -3.31. The second-order valence-corrected chi connectivity index (χ2v) is 7.24. The van der Waals surface area contributed by atoms with E-state index in [9.17, 15) is 18.3 Å². The fraction of sp³-hybridized carbons (Fsp3) is 0.500. The van der Waals surface area contributed by atoms with Crippen LogP contribution in [0.4, 0.5) is 5.69 Å². The molecular formula is C14H20N2O4S. The summed E-state index contributed by atoms with van der Waals surface area (Å²) in [6.07, 6.45) is 3.29. The van der Waals surface area contributed by atoms with Crippen molar-refractivity contribution in [2.75, 3.05) is 17.5 Å². The maximum Gasteiger partial charge on any atom is 0.251 e. The molecule has 6 nitrogen and oxygen atoms in total. The van der Waals surface area contributed by atoms with Gasteiger partial charge < -0.3 is 10.4 Å². The highest BCUT2D eigenvalue weighted by molar-refractivity contribution is 7.92. The third-order valence-electron chi connectivity index (χ3n) is 3.52. The second-order valence-electron chi connectivity index (χ2n) is 5.49. The van der Waals surface area contributed by atoms with Crippen molar-refractivity contribution in [3.63, 3.8) is 0 Å². The molecule has 0 aliphatic heterocycles. The molecule has 2 atom stereocenters. The Morgan fingerprint density at radius 1 is 1.29 bits per heavy atom. The molecule has 1 aliphatic carbocycles. The molecule has 1 saturated carbocycles. The zero-order chi connectivity index (χ0) is 15.5. The lowest BCUT2D eigenvalue weighted by Gasteiger charge is -2.11. The smallest absolute Gasteiger partial charge is 0.251 e. The summed E-state index contributed by atoms with van der Waals surface area (Å²) in [7, 11) is -3.31. The van der Waals surface area contributed by atoms with E-state index in [1.54, 1.807) is 24.3 Å². The predicted molar refractivity (Wildman–Crippen MR) is 80.6 cm³/mol. The lowest BCUT2D eigenvalue weighted by atomic mass is 10.1. The zero-order valence-corrected chi connectivity index (χ0v) is 12.7. The number of carbonyl (C=O) groups is 1. The first kappa shape index (κ1) is 15.8. The number of aliphatic hydroxyl groups excluding tert-OH is 1. The molecule has 1 aromatic carbocycles. The standard InChI is InChI=1S/C14H20N2O4S/c1-21(19,20)16-12-5-3-11(4-6-12)14(18)15-9-10-2-7-13(17)8-10/h3-6,10,13,16-17H,2,7-9H2,1H3,(H,15,18). The Bertz CT molecular complexity index is 598. The molecule has 21 heavy (non-hydrogen) atoms. The third-order valence-corrected chi connectivity index (χ3v) is 4.12. The predicted octanol–water partition coefficient (Wildman–Crippen LogP) is 0.949. The lowest BCUT2D eigenvalue weighted by Crippen LogP contribution is -2.28. The van der Waals surface area contributed by atoms with Crippen LogP contribution in [-0.2, 0) is 10.0 Å². The number of benzene rings is 1. The highest BCUT2D eigenvalue weighted by Gasteiger charge is 2.23. The van der Waals surface area contributed by atoms with Crippen molar-refractivity contribution >= 4 is 21.6 Å². The average molecular weight is 312 g/mol. The highest BCUT2D eigenvalue weighted by atomic mass is 32.2. The average Bonchev–Trinajstić information content (AvgIpc) is 2.81. The van der Waals surface area contributed by atoms with Crippen molar-refractivity contribution in [2.45, 2.75) is 25.4 Å². The molecule has 0 aromatic heterocycles. The van der Waals surface area contributed by atoms with Gasteiger partial charge in [-0.25, -0.2) is 8.42 Å². The summed E-state index contributed by atoms with van der Waals surface area (Å²) in [6, 6.07) is 6.25. The summed E-state index contributed by atoms with van der Waals surface area (Å²) in [5.41, 5.74) is 0.903. The summed E-state index contributed by atoms with van der Waals surface area (Å²) < 4.78 is 24.5. The van der Waals surface area contributed by atoms with E-state index in [0.717, 1.165) is 25.5 Å². The van der Waals surface area contributed by atoms with Gasteiger partial charge in [-0.2, -0.15) is 0 Å². The van der Waals surface area contributed by atoms with Crippen LogP contribution in [0.1, 0.15) is 29.6 Å². The zero-order valence-electron chi connectivity index (χ0n) is 11.9. The third kappa shape index (κ3) is 5.02. The Kier molecular flexibility index (Phi) is 4.84. The van der Waals surface area contributed by atoms with Crippen molar-refractivity contribution < 1.29 is 18.3 Å². The summed E-state index contributed by atoms with van der Waals surface area (Å²) in [4.78, 5) is 12.0. The van der Waals surface area contributed by atoms with Crippen molar-refractivity contribution in [3.05, 3.63) is 29.8 Å². The number of rotatable bonds is 5. The van der Waals surface area contributed by atoms with Gasteiger partial charge in [0.25, 0.3) is 5.91 Å². The van der Waals surface area contributed by atoms with Gasteiger partial charge in [0, 0.05) is 17.8 Å². The summed E-state index contributed by atoms with van der Waals surface area (Å²) in [6.45, 7) is 0.555. The molecular weight excluding hydrogens is 292 g/mol. The molecule has 1 fully saturated rings. The monoisotopic (exact) mass is 312 g/mol. The van der Waals surface area contributed by atoms with Gasteiger partial charge in [0.15, 0.2) is 0 Å². The van der Waals surface area contributed by atoms with Gasteiger partial charge in [0.1, 0.15) is 0 Å². The van der Waals surface area contributed by atoms with Crippen LogP contribution in [0.25, 0.3) is 0 Å². The van der Waals surface area contributed by atoms with Crippen molar-refractivity contribution in [1.82, 2.24) is 5.32 Å². The van der Waals surface area contributed by atoms with Crippen LogP contribution in [0.15, 0.2) is 24.3 Å². The molecule has 1 aromatic rings. The van der Waals surface area contributed by atoms with E-state index in [0.29, 0.717) is 23.7 Å². The molecule has 0 bridgehead atoms. The van der Waals surface area contributed by atoms with Crippen molar-refractivity contribution in [2.24, 2.45) is 5.92 Å². The molecule has 7 heteroatoms. The van der Waals surface area contributed by atoms with E-state index < -0.39 is 10.0 Å². The Morgan fingerprint density at radius 2 is 1.95 bits per heavy atom. The SMILES string of the molecule is CS(=O)(=O)Nc1ccc(C(=O)NCC2CCC(O)C2)cc1. The highest BCUT2D eigenvalue weighted by Crippen LogP contribution is 2.24. The van der Waals surface area contributed by atoms with E-state index in [4.69, 9.17) is 0 Å². The first-order valence-electron chi connectivity index (χ1n) is 6.87. The first-order chi connectivity index (χ1) is 9.83. The molecule has 0 heterocycles. The van der Waals surface area contributed by atoms with Gasteiger partial charge >= 0.3 is 0 Å². The van der Waals surface area contributed by atoms with Crippen LogP contribution in [0.3, 0.4) is 0 Å². The van der Waals surface area contributed by atoms with Gasteiger partial charge in [0.2, 0.25) is 10.0 Å². The Morgan fingerprint density at radius 3 is 2.48 bits per heavy atom. The van der Waals surface area contributed by atoms with E-state index in [2.05, 4.69) is 10.0 Å². The largest absolute Gasteiger partial charge is 0.393 e. The van der Waals surface area contributed by atoms with Gasteiger partial charge in [-0.15, -0.1) is 0 Å². The number of nitrogens with one attached hydrogen (secondary N) is 2. The van der Waals surface area contributed by atoms with Gasteiger partial charge in [0.05, 0.1) is 12.4 Å². The first-order valence-corrected chi connectivity index (χ1v) is 8.77. The topological polar surface area (TPSA) is 95.5 Å². The quantitative estimate of drug-likeness (QED) is 0.754. The van der Waals surface area contributed by atoms with Gasteiger partial charge in [-0.05, 0) is 49.4 Å². The van der Waals surface area contributed by atoms with E-state index >= 15 is 0 Å². The molecule has 2 unspecified atom stereocenters. The minimum absolute atomic E-state index is 0.192. The van der Waals surface area contributed by atoms with E-state index in [1.807, 2.05) is 0 Å². The number of sulfonamides is 1. The van der Waals surface area contributed by atoms with Crippen LogP contribution < -0.4 is 10.0 Å². The molecule has 116 valence electrons. The van der Waals surface area contributed by atoms with Gasteiger partial charge in [-0.3, -0.25) is 9.52 Å². The molecule has 3 N–H and O–H groups in total. The Labute approximate surface area is 124 Å². The number of anilines is 1. The van der Waals surface area contributed by atoms with E-state index in [-0.39, 0.29) is 12.0 Å². The molecule has 2 rings (SSSR count). The Hall–Kier alpha value is -1.60. The lowest BCUT2D eigenvalue weighted by molar-refractivity contribution is 0.0945. The summed E-state index contributed by atoms with van der Waals surface area (Å²) in [5.74, 6) is 0.136. The van der Waals surface area contributed by atoms with Gasteiger partial charge in [-0.1, -0.05) is 0 Å². The fourth-order valence-electron chi connectivity index (χ4n) is 2.48. The van der Waals surface area contributed by atoms with Crippen molar-refractivity contribution in [3.8, 4) is 0 Å². The number of amides is 1. The normalized spacial score (nSPS) is 22.0. The second kappa shape index (κ2) is 6.44. The molecule has 1 aliphatic rings. The maximum atomic E-state index is 12.0. The van der Waals surface area contributed by atoms with Crippen LogP contribution in [0.2, 0.25) is 0 Å². The summed E-state index contributed by atoms with van der Waals surface area (Å²) in [5, 5.41) is 12.3. The van der Waals surface area contributed by atoms with Crippen LogP contribution in [-0.4, -0.2) is 38.3 Å². The van der Waals surface area contributed by atoms with Crippen LogP contribution in [0.5, 0.6) is 0 Å². The number of hydrogen-bond acceptors (Lipinski definition) is 4. The fourth-order valence-corrected chi connectivity index (χ4v) is 3.04. The number of carbonyl (C=O) groups excluding carboxylic acids is 1. The molecule has 1 amide bonds. The minimum Gasteiger partial charge on any atom is -0.393 e. The maximum absolute atomic E-state index is 12.0. The molecule has 0 saturated heterocycles. The van der Waals surface area contributed by atoms with Crippen LogP contribution >= 0.6 is 0 Å². The van der Waals surface area contributed by atoms with Crippen molar-refractivity contribution in [1.29, 1.82) is 0 Å². The molecule has 0 spiro atoms.